The van der Waals surface area contributed by atoms with E-state index in [4.69, 9.17) is 4.98 Å². The van der Waals surface area contributed by atoms with Crippen LogP contribution < -0.4 is 11.0 Å². The molecular weight excluding hydrogens is 492 g/mol. The number of aromatic nitrogens is 5. The van der Waals surface area contributed by atoms with Crippen molar-refractivity contribution in [1.29, 1.82) is 0 Å². The third kappa shape index (κ3) is 5.98. The number of imidazole rings is 1. The standard InChI is InChI=1S/C30H34N6O3/c1-6-18(3)12-13-22(19(4)20(5)37)23-10-8-9-11-24(23)28-25(7-2)36-15-14-21(16-27(36)33-28)29(38)31-17-26-32-30(39)35-34-26/h8-16,18H,6-7,17H2,1-5H3,(H,31,38)(H2,32,34,35,39)/b13-12-,22-19+. The van der Waals surface area contributed by atoms with Crippen LogP contribution in [0.2, 0.25) is 0 Å². The molecular formula is C30H34N6O3. The molecule has 0 bridgehead atoms. The van der Waals surface area contributed by atoms with E-state index in [0.717, 1.165) is 40.9 Å². The first-order valence-corrected chi connectivity index (χ1v) is 13.2. The summed E-state index contributed by atoms with van der Waals surface area (Å²) in [5, 5.41) is 8.85. The fraction of sp³-hybridized carbons (Fsp3) is 0.300. The Hall–Kier alpha value is -4.53. The number of aryl methyl sites for hydroxylation is 1. The van der Waals surface area contributed by atoms with Crippen molar-refractivity contribution in [1.82, 2.24) is 29.9 Å². The first-order chi connectivity index (χ1) is 18.7. The monoisotopic (exact) mass is 526 g/mol. The van der Waals surface area contributed by atoms with Crippen LogP contribution in [0.5, 0.6) is 0 Å². The molecule has 3 aromatic heterocycles. The molecule has 202 valence electrons. The van der Waals surface area contributed by atoms with Crippen LogP contribution in [0, 0.1) is 5.92 Å². The van der Waals surface area contributed by atoms with Gasteiger partial charge in [-0.25, -0.2) is 14.9 Å². The van der Waals surface area contributed by atoms with E-state index in [1.807, 2.05) is 41.8 Å². The van der Waals surface area contributed by atoms with Gasteiger partial charge in [0.25, 0.3) is 5.91 Å². The second-order valence-electron chi connectivity index (χ2n) is 9.60. The van der Waals surface area contributed by atoms with E-state index in [1.165, 1.54) is 0 Å². The zero-order valence-electron chi connectivity index (χ0n) is 23.0. The molecule has 0 saturated carbocycles. The Labute approximate surface area is 227 Å². The minimum atomic E-state index is -0.426. The molecule has 1 unspecified atom stereocenters. The number of Topliss-reactive ketones (excluding diaryl/α,β-unsaturated/α-hetero) is 1. The van der Waals surface area contributed by atoms with E-state index in [2.05, 4.69) is 53.4 Å². The molecule has 0 aliphatic heterocycles. The average molecular weight is 527 g/mol. The van der Waals surface area contributed by atoms with Gasteiger partial charge in [-0.05, 0) is 55.0 Å². The SMILES string of the molecule is CCc1c(-c2ccccc2C(/C=C\C(C)CC)=C(\C)C(C)=O)nc2cc(C(=O)NCc3n[nH]c(=O)[nH]3)ccn12. The number of amides is 1. The number of ketones is 1. The fourth-order valence-electron chi connectivity index (χ4n) is 4.37. The number of hydrogen-bond acceptors (Lipinski definition) is 5. The number of allylic oxidation sites excluding steroid dienone is 4. The minimum Gasteiger partial charge on any atom is -0.345 e. The van der Waals surface area contributed by atoms with Gasteiger partial charge in [-0.1, -0.05) is 63.6 Å². The van der Waals surface area contributed by atoms with E-state index in [0.29, 0.717) is 28.5 Å². The molecule has 3 heterocycles. The summed E-state index contributed by atoms with van der Waals surface area (Å²) in [7, 11) is 0. The van der Waals surface area contributed by atoms with Crippen molar-refractivity contribution in [3.63, 3.8) is 0 Å². The Morgan fingerprint density at radius 2 is 1.92 bits per heavy atom. The van der Waals surface area contributed by atoms with Crippen LogP contribution in [0.4, 0.5) is 0 Å². The number of nitrogens with one attached hydrogen (secondary N) is 3. The number of aromatic amines is 2. The molecule has 4 rings (SSSR count). The lowest BCUT2D eigenvalue weighted by atomic mass is 9.91. The second kappa shape index (κ2) is 11.9. The Kier molecular flexibility index (Phi) is 8.39. The number of pyridine rings is 1. The van der Waals surface area contributed by atoms with Crippen molar-refractivity contribution in [3.8, 4) is 11.3 Å². The molecule has 1 amide bonds. The van der Waals surface area contributed by atoms with Crippen molar-refractivity contribution < 1.29 is 9.59 Å². The van der Waals surface area contributed by atoms with Gasteiger partial charge in [0.05, 0.1) is 17.9 Å². The van der Waals surface area contributed by atoms with E-state index < -0.39 is 5.69 Å². The zero-order chi connectivity index (χ0) is 28.1. The molecule has 0 aliphatic rings. The lowest BCUT2D eigenvalue weighted by Gasteiger charge is -2.14. The highest BCUT2D eigenvalue weighted by Gasteiger charge is 2.19. The van der Waals surface area contributed by atoms with Gasteiger partial charge < -0.3 is 9.72 Å². The van der Waals surface area contributed by atoms with Crippen molar-refractivity contribution in [2.24, 2.45) is 5.92 Å². The maximum Gasteiger partial charge on any atom is 0.340 e. The predicted octanol–water partition coefficient (Wildman–Crippen LogP) is 4.87. The topological polar surface area (TPSA) is 125 Å². The molecule has 0 spiro atoms. The number of H-pyrrole nitrogens is 2. The molecule has 0 radical (unpaired) electrons. The lowest BCUT2D eigenvalue weighted by molar-refractivity contribution is -0.113. The smallest absolute Gasteiger partial charge is 0.340 e. The molecule has 0 aliphatic carbocycles. The van der Waals surface area contributed by atoms with Gasteiger partial charge in [0.1, 0.15) is 11.5 Å². The molecule has 3 N–H and O–H groups in total. The Bertz CT molecular complexity index is 1640. The minimum absolute atomic E-state index is 0.0221. The third-order valence-electron chi connectivity index (χ3n) is 6.93. The number of fused-ring (bicyclic) bond motifs is 1. The number of benzene rings is 1. The van der Waals surface area contributed by atoms with Crippen molar-refractivity contribution >= 4 is 22.9 Å². The van der Waals surface area contributed by atoms with Crippen LogP contribution in [-0.4, -0.2) is 36.3 Å². The highest BCUT2D eigenvalue weighted by Crippen LogP contribution is 2.34. The molecule has 0 saturated heterocycles. The van der Waals surface area contributed by atoms with Crippen molar-refractivity contribution in [2.45, 2.75) is 54.0 Å². The van der Waals surface area contributed by atoms with Crippen LogP contribution in [0.3, 0.4) is 0 Å². The second-order valence-corrected chi connectivity index (χ2v) is 9.60. The first kappa shape index (κ1) is 27.5. The van der Waals surface area contributed by atoms with Crippen LogP contribution >= 0.6 is 0 Å². The molecule has 4 aromatic rings. The Balaban J connectivity index is 1.77. The first-order valence-electron chi connectivity index (χ1n) is 13.2. The number of carbonyl (C=O) groups is 2. The van der Waals surface area contributed by atoms with Gasteiger partial charge in [0.2, 0.25) is 0 Å². The summed E-state index contributed by atoms with van der Waals surface area (Å²) in [6.45, 7) is 9.91. The van der Waals surface area contributed by atoms with E-state index in [9.17, 15) is 14.4 Å². The molecule has 1 aromatic carbocycles. The normalized spacial score (nSPS) is 13.1. The number of nitrogens with zero attached hydrogens (tertiary/aromatic N) is 3. The Morgan fingerprint density at radius 1 is 1.15 bits per heavy atom. The summed E-state index contributed by atoms with van der Waals surface area (Å²) in [5.41, 5.74) is 5.91. The summed E-state index contributed by atoms with van der Waals surface area (Å²) >= 11 is 0. The van der Waals surface area contributed by atoms with Gasteiger partial charge in [-0.2, -0.15) is 5.10 Å². The van der Waals surface area contributed by atoms with Crippen molar-refractivity contribution in [3.05, 3.63) is 93.4 Å². The average Bonchev–Trinajstić information content (AvgIpc) is 3.53. The number of carbonyl (C=O) groups excluding carboxylic acids is 2. The van der Waals surface area contributed by atoms with Gasteiger partial charge in [-0.3, -0.25) is 14.6 Å². The van der Waals surface area contributed by atoms with Crippen molar-refractivity contribution in [2.75, 3.05) is 0 Å². The summed E-state index contributed by atoms with van der Waals surface area (Å²) < 4.78 is 1.99. The highest BCUT2D eigenvalue weighted by atomic mass is 16.2. The van der Waals surface area contributed by atoms with Crippen LogP contribution in [0.1, 0.15) is 68.5 Å². The molecule has 9 heteroatoms. The summed E-state index contributed by atoms with van der Waals surface area (Å²) in [6.07, 6.45) is 7.77. The van der Waals surface area contributed by atoms with E-state index >= 15 is 0 Å². The molecule has 0 fully saturated rings. The highest BCUT2D eigenvalue weighted by molar-refractivity contribution is 6.04. The lowest BCUT2D eigenvalue weighted by Crippen LogP contribution is -2.23. The molecule has 9 nitrogen and oxygen atoms in total. The quantitative estimate of drug-likeness (QED) is 0.201. The fourth-order valence-corrected chi connectivity index (χ4v) is 4.37. The molecule has 1 atom stereocenters. The summed E-state index contributed by atoms with van der Waals surface area (Å²) in [4.78, 5) is 44.0. The maximum atomic E-state index is 12.8. The summed E-state index contributed by atoms with van der Waals surface area (Å²) in [5.74, 6) is 0.441. The maximum absolute atomic E-state index is 12.8. The van der Waals surface area contributed by atoms with Gasteiger partial charge in [0.15, 0.2) is 5.78 Å². The van der Waals surface area contributed by atoms with Gasteiger partial charge in [-0.15, -0.1) is 0 Å². The third-order valence-corrected chi connectivity index (χ3v) is 6.93. The van der Waals surface area contributed by atoms with Gasteiger partial charge in [0, 0.05) is 17.3 Å². The largest absolute Gasteiger partial charge is 0.345 e. The van der Waals surface area contributed by atoms with Crippen LogP contribution in [0.25, 0.3) is 22.5 Å². The summed E-state index contributed by atoms with van der Waals surface area (Å²) in [6, 6.07) is 11.5. The van der Waals surface area contributed by atoms with Crippen LogP contribution in [0.15, 0.2) is 65.1 Å². The number of rotatable bonds is 10. The molecule has 39 heavy (non-hydrogen) atoms. The zero-order valence-corrected chi connectivity index (χ0v) is 23.0. The Morgan fingerprint density at radius 3 is 2.59 bits per heavy atom. The predicted molar refractivity (Wildman–Crippen MR) is 152 cm³/mol. The van der Waals surface area contributed by atoms with E-state index in [1.54, 1.807) is 19.1 Å². The van der Waals surface area contributed by atoms with Gasteiger partial charge >= 0.3 is 5.69 Å². The van der Waals surface area contributed by atoms with E-state index in [-0.39, 0.29) is 18.2 Å². The van der Waals surface area contributed by atoms with Crippen LogP contribution in [-0.2, 0) is 17.8 Å². The number of hydrogen-bond donors (Lipinski definition) is 3.